The Morgan fingerprint density at radius 2 is 2.00 bits per heavy atom. The molecule has 6 nitrogen and oxygen atoms in total. The molecule has 0 heterocycles. The second kappa shape index (κ2) is 4.92. The molecule has 17 heavy (non-hydrogen) atoms. The van der Waals surface area contributed by atoms with Gasteiger partial charge in [0.05, 0.1) is 11.5 Å². The van der Waals surface area contributed by atoms with Crippen LogP contribution in [0.1, 0.15) is 19.4 Å². The predicted molar refractivity (Wildman–Crippen MR) is 61.4 cm³/mol. The molecule has 1 aromatic carbocycles. The van der Waals surface area contributed by atoms with Gasteiger partial charge in [-0.25, -0.2) is 0 Å². The molecule has 6 heteroatoms. The Bertz CT molecular complexity index is 426. The third-order valence-corrected chi connectivity index (χ3v) is 2.38. The summed E-state index contributed by atoms with van der Waals surface area (Å²) in [6.07, 6.45) is 0. The number of aliphatic hydroxyl groups is 1. The van der Waals surface area contributed by atoms with Crippen LogP contribution in [0.2, 0.25) is 0 Å². The minimum Gasteiger partial charge on any atom is -0.384 e. The third-order valence-electron chi connectivity index (χ3n) is 2.38. The summed E-state index contributed by atoms with van der Waals surface area (Å²) in [5.41, 5.74) is -0.776. The summed E-state index contributed by atoms with van der Waals surface area (Å²) < 4.78 is 0. The molecule has 1 rings (SSSR count). The first-order chi connectivity index (χ1) is 7.83. The highest BCUT2D eigenvalue weighted by Gasteiger charge is 2.23. The molecular weight excluding hydrogens is 224 g/mol. The zero-order valence-electron chi connectivity index (χ0n) is 9.64. The van der Waals surface area contributed by atoms with Gasteiger partial charge in [-0.1, -0.05) is 0 Å². The lowest BCUT2D eigenvalue weighted by Crippen LogP contribution is -2.37. The van der Waals surface area contributed by atoms with Gasteiger partial charge in [-0.15, -0.1) is 0 Å². The van der Waals surface area contributed by atoms with Crippen molar-refractivity contribution >= 4 is 11.6 Å². The van der Waals surface area contributed by atoms with E-state index in [1.165, 1.54) is 38.1 Å². The first-order valence-electron chi connectivity index (χ1n) is 5.04. The van der Waals surface area contributed by atoms with Gasteiger partial charge in [-0.05, 0) is 24.6 Å². The van der Waals surface area contributed by atoms with Crippen molar-refractivity contribution in [1.29, 1.82) is 0 Å². The minimum absolute atomic E-state index is 0.0379. The maximum atomic E-state index is 10.8. The highest BCUT2D eigenvalue weighted by molar-refractivity contribution is 5.72. The maximum Gasteiger partial charge on any atom is 0.269 e. The van der Waals surface area contributed by atoms with E-state index in [9.17, 15) is 20.0 Å². The SMILES string of the molecule is CC(=O)NC[C@@](C)(O)c1ccc([N+](=O)[O-])cc1. The zero-order chi connectivity index (χ0) is 13.1. The van der Waals surface area contributed by atoms with E-state index in [0.29, 0.717) is 5.56 Å². The topological polar surface area (TPSA) is 92.5 Å². The number of nitro benzene ring substituents is 1. The lowest BCUT2D eigenvalue weighted by molar-refractivity contribution is -0.384. The van der Waals surface area contributed by atoms with Gasteiger partial charge >= 0.3 is 0 Å². The lowest BCUT2D eigenvalue weighted by atomic mass is 9.96. The average Bonchev–Trinajstić information content (AvgIpc) is 2.27. The van der Waals surface area contributed by atoms with Crippen LogP contribution in [0.5, 0.6) is 0 Å². The van der Waals surface area contributed by atoms with Crippen molar-refractivity contribution in [3.05, 3.63) is 39.9 Å². The quantitative estimate of drug-likeness (QED) is 0.603. The van der Waals surface area contributed by atoms with E-state index in [0.717, 1.165) is 0 Å². The molecule has 0 aromatic heterocycles. The van der Waals surface area contributed by atoms with E-state index in [-0.39, 0.29) is 18.1 Å². The van der Waals surface area contributed by atoms with Crippen LogP contribution < -0.4 is 5.32 Å². The van der Waals surface area contributed by atoms with Crippen LogP contribution in [-0.2, 0) is 10.4 Å². The van der Waals surface area contributed by atoms with Gasteiger partial charge in [0.15, 0.2) is 0 Å². The Balaban J connectivity index is 2.84. The monoisotopic (exact) mass is 238 g/mol. The summed E-state index contributed by atoms with van der Waals surface area (Å²) in [5.74, 6) is -0.243. The van der Waals surface area contributed by atoms with Gasteiger partial charge in [-0.2, -0.15) is 0 Å². The highest BCUT2D eigenvalue weighted by Crippen LogP contribution is 2.22. The fraction of sp³-hybridized carbons (Fsp3) is 0.364. The number of amides is 1. The molecular formula is C11H14N2O4. The number of hydrogen-bond acceptors (Lipinski definition) is 4. The van der Waals surface area contributed by atoms with E-state index < -0.39 is 10.5 Å². The summed E-state index contributed by atoms with van der Waals surface area (Å²) >= 11 is 0. The fourth-order valence-corrected chi connectivity index (χ4v) is 1.34. The largest absolute Gasteiger partial charge is 0.384 e. The van der Waals surface area contributed by atoms with Crippen LogP contribution >= 0.6 is 0 Å². The molecule has 0 bridgehead atoms. The fourth-order valence-electron chi connectivity index (χ4n) is 1.34. The Morgan fingerprint density at radius 1 is 1.47 bits per heavy atom. The molecule has 0 aliphatic carbocycles. The van der Waals surface area contributed by atoms with Gasteiger partial charge in [0.2, 0.25) is 5.91 Å². The molecule has 0 unspecified atom stereocenters. The number of carbonyl (C=O) groups excluding carboxylic acids is 1. The van der Waals surface area contributed by atoms with Crippen LogP contribution in [0.15, 0.2) is 24.3 Å². The molecule has 0 spiro atoms. The molecule has 2 N–H and O–H groups in total. The molecule has 1 aromatic rings. The number of nitrogens with zero attached hydrogens (tertiary/aromatic N) is 1. The predicted octanol–water partition coefficient (Wildman–Crippen LogP) is 0.938. The molecule has 0 radical (unpaired) electrons. The number of rotatable bonds is 4. The third kappa shape index (κ3) is 3.53. The summed E-state index contributed by atoms with van der Waals surface area (Å²) in [6, 6.07) is 5.58. The molecule has 0 aliphatic rings. The first kappa shape index (κ1) is 13.1. The van der Waals surface area contributed by atoms with Gasteiger partial charge in [0.25, 0.3) is 5.69 Å². The van der Waals surface area contributed by atoms with E-state index in [1.807, 2.05) is 0 Å². The molecule has 0 aliphatic heterocycles. The second-order valence-corrected chi connectivity index (χ2v) is 3.99. The van der Waals surface area contributed by atoms with Crippen molar-refractivity contribution in [3.63, 3.8) is 0 Å². The zero-order valence-corrected chi connectivity index (χ0v) is 9.64. The summed E-state index contributed by atoms with van der Waals surface area (Å²) in [7, 11) is 0. The van der Waals surface area contributed by atoms with Gasteiger partial charge in [0.1, 0.15) is 5.60 Å². The normalized spacial score (nSPS) is 13.8. The van der Waals surface area contributed by atoms with Crippen molar-refractivity contribution in [1.82, 2.24) is 5.32 Å². The van der Waals surface area contributed by atoms with Gasteiger partial charge in [0, 0.05) is 19.1 Å². The maximum absolute atomic E-state index is 10.8. The average molecular weight is 238 g/mol. The van der Waals surface area contributed by atoms with E-state index in [4.69, 9.17) is 0 Å². The van der Waals surface area contributed by atoms with Crippen molar-refractivity contribution in [3.8, 4) is 0 Å². The number of nitro groups is 1. The Morgan fingerprint density at radius 3 is 2.41 bits per heavy atom. The Hall–Kier alpha value is -1.95. The van der Waals surface area contributed by atoms with Gasteiger partial charge in [-0.3, -0.25) is 14.9 Å². The Kier molecular flexibility index (Phi) is 3.80. The minimum atomic E-state index is -1.25. The molecule has 1 amide bonds. The summed E-state index contributed by atoms with van der Waals surface area (Å²) in [4.78, 5) is 20.7. The summed E-state index contributed by atoms with van der Waals surface area (Å²) in [5, 5.41) is 23.0. The molecule has 92 valence electrons. The lowest BCUT2D eigenvalue weighted by Gasteiger charge is -2.23. The molecule has 0 saturated heterocycles. The number of nitrogens with one attached hydrogen (secondary N) is 1. The second-order valence-electron chi connectivity index (χ2n) is 3.99. The van der Waals surface area contributed by atoms with Crippen molar-refractivity contribution in [2.75, 3.05) is 6.54 Å². The van der Waals surface area contributed by atoms with Gasteiger partial charge < -0.3 is 10.4 Å². The first-order valence-corrected chi connectivity index (χ1v) is 5.04. The van der Waals surface area contributed by atoms with Crippen molar-refractivity contribution < 1.29 is 14.8 Å². The molecule has 1 atom stereocenters. The molecule has 0 saturated carbocycles. The smallest absolute Gasteiger partial charge is 0.269 e. The number of hydrogen-bond donors (Lipinski definition) is 2. The van der Waals surface area contributed by atoms with E-state index in [1.54, 1.807) is 0 Å². The molecule has 0 fully saturated rings. The summed E-state index contributed by atoms with van der Waals surface area (Å²) in [6.45, 7) is 2.94. The highest BCUT2D eigenvalue weighted by atomic mass is 16.6. The Labute approximate surface area is 98.4 Å². The van der Waals surface area contributed by atoms with Crippen molar-refractivity contribution in [2.24, 2.45) is 0 Å². The standard InChI is InChI=1S/C11H14N2O4/c1-8(14)12-7-11(2,15)9-3-5-10(6-4-9)13(16)17/h3-6,15H,7H2,1-2H3,(H,12,14)/t11-/m1/s1. The van der Waals surface area contributed by atoms with Crippen molar-refractivity contribution in [2.45, 2.75) is 19.4 Å². The van der Waals surface area contributed by atoms with Crippen LogP contribution in [0, 0.1) is 10.1 Å². The van der Waals surface area contributed by atoms with E-state index >= 15 is 0 Å². The number of benzene rings is 1. The number of carbonyl (C=O) groups is 1. The van der Waals surface area contributed by atoms with Crippen LogP contribution in [0.25, 0.3) is 0 Å². The van der Waals surface area contributed by atoms with Crippen LogP contribution in [0.4, 0.5) is 5.69 Å². The van der Waals surface area contributed by atoms with E-state index in [2.05, 4.69) is 5.32 Å². The van der Waals surface area contributed by atoms with Crippen LogP contribution in [0.3, 0.4) is 0 Å². The number of non-ortho nitro benzene ring substituents is 1. The van der Waals surface area contributed by atoms with Crippen LogP contribution in [-0.4, -0.2) is 22.5 Å².